The van der Waals surface area contributed by atoms with Crippen LogP contribution in [0.2, 0.25) is 0 Å². The fraction of sp³-hybridized carbons (Fsp3) is 0.750. The van der Waals surface area contributed by atoms with Gasteiger partial charge in [0.25, 0.3) is 0 Å². The third-order valence-corrected chi connectivity index (χ3v) is 2.87. The summed E-state index contributed by atoms with van der Waals surface area (Å²) in [5.74, 6) is -1.58. The molecule has 10 N–H and O–H groups in total. The van der Waals surface area contributed by atoms with E-state index in [1.165, 1.54) is 0 Å². The highest BCUT2D eigenvalue weighted by molar-refractivity contribution is 5.86. The van der Waals surface area contributed by atoms with Gasteiger partial charge in [-0.15, -0.1) is 0 Å². The molecule has 2 atom stereocenters. The Balaban J connectivity index is 4.15. The summed E-state index contributed by atoms with van der Waals surface area (Å²) in [7, 11) is 0. The van der Waals surface area contributed by atoms with E-state index in [-0.39, 0.29) is 5.96 Å². The zero-order valence-corrected chi connectivity index (χ0v) is 12.1. The number of hydrogen-bond donors (Lipinski definition) is 6. The van der Waals surface area contributed by atoms with Gasteiger partial charge in [-0.3, -0.25) is 9.79 Å². The van der Waals surface area contributed by atoms with Crippen molar-refractivity contribution in [3.63, 3.8) is 0 Å². The second-order valence-electron chi connectivity index (χ2n) is 4.74. The van der Waals surface area contributed by atoms with Crippen LogP contribution < -0.4 is 28.3 Å². The number of nitrogens with one attached hydrogen (secondary N) is 1. The van der Waals surface area contributed by atoms with E-state index in [0.29, 0.717) is 45.2 Å². The van der Waals surface area contributed by atoms with E-state index in [9.17, 15) is 9.59 Å². The molecule has 0 aliphatic rings. The summed E-state index contributed by atoms with van der Waals surface area (Å²) < 4.78 is 0. The predicted octanol–water partition coefficient (Wildman–Crippen LogP) is -1.93. The molecule has 0 aromatic rings. The quantitative estimate of drug-likeness (QED) is 0.146. The molecule has 0 aromatic carbocycles. The number of carboxylic acids is 1. The summed E-state index contributed by atoms with van der Waals surface area (Å²) in [5.41, 5.74) is 21.4. The summed E-state index contributed by atoms with van der Waals surface area (Å²) in [6.45, 7) is 0.868. The fourth-order valence-corrected chi connectivity index (χ4v) is 1.68. The summed E-state index contributed by atoms with van der Waals surface area (Å²) in [4.78, 5) is 26.6. The standard InChI is InChI=1S/C12H26N6O3/c13-6-2-1-5-9(11(20)21)18-10(19)8(14)4-3-7-17-12(15)16/h8-9H,1-7,13-14H2,(H,18,19)(H,20,21)(H4,15,16,17)/t8-,9-/m1/s1. The van der Waals surface area contributed by atoms with E-state index in [1.54, 1.807) is 0 Å². The number of carbonyl (C=O) groups is 2. The smallest absolute Gasteiger partial charge is 0.326 e. The summed E-state index contributed by atoms with van der Waals surface area (Å²) in [5, 5.41) is 11.5. The van der Waals surface area contributed by atoms with Crippen molar-refractivity contribution in [2.75, 3.05) is 13.1 Å². The molecule has 0 radical (unpaired) electrons. The minimum Gasteiger partial charge on any atom is -0.480 e. The Morgan fingerprint density at radius 3 is 2.33 bits per heavy atom. The minimum atomic E-state index is -1.08. The fourth-order valence-electron chi connectivity index (χ4n) is 1.68. The maximum absolute atomic E-state index is 11.8. The van der Waals surface area contributed by atoms with Crippen LogP contribution in [-0.4, -0.2) is 48.1 Å². The largest absolute Gasteiger partial charge is 0.480 e. The number of amides is 1. The molecule has 0 aromatic heterocycles. The monoisotopic (exact) mass is 302 g/mol. The number of aliphatic imine (C=N–C) groups is 1. The first-order valence-corrected chi connectivity index (χ1v) is 6.92. The number of carbonyl (C=O) groups excluding carboxylic acids is 1. The van der Waals surface area contributed by atoms with Gasteiger partial charge in [0.1, 0.15) is 6.04 Å². The van der Waals surface area contributed by atoms with E-state index in [4.69, 9.17) is 28.0 Å². The van der Waals surface area contributed by atoms with Crippen molar-refractivity contribution in [3.05, 3.63) is 0 Å². The van der Waals surface area contributed by atoms with E-state index >= 15 is 0 Å². The molecule has 0 aliphatic heterocycles. The predicted molar refractivity (Wildman–Crippen MR) is 80.4 cm³/mol. The number of aliphatic carboxylic acids is 1. The minimum absolute atomic E-state index is 0.0149. The average Bonchev–Trinajstić information content (AvgIpc) is 2.41. The molecule has 21 heavy (non-hydrogen) atoms. The van der Waals surface area contributed by atoms with E-state index < -0.39 is 24.0 Å². The van der Waals surface area contributed by atoms with E-state index in [0.717, 1.165) is 0 Å². The number of nitrogens with two attached hydrogens (primary N) is 4. The highest BCUT2D eigenvalue weighted by Gasteiger charge is 2.22. The summed E-state index contributed by atoms with van der Waals surface area (Å²) in [6, 6.07) is -1.72. The van der Waals surface area contributed by atoms with Gasteiger partial charge in [-0.1, -0.05) is 0 Å². The Labute approximate surface area is 124 Å². The zero-order valence-electron chi connectivity index (χ0n) is 12.1. The molecule has 0 bridgehead atoms. The van der Waals surface area contributed by atoms with Crippen LogP contribution in [0.25, 0.3) is 0 Å². The van der Waals surface area contributed by atoms with E-state index in [1.807, 2.05) is 0 Å². The second kappa shape index (κ2) is 10.9. The third kappa shape index (κ3) is 9.63. The molecule has 122 valence electrons. The van der Waals surface area contributed by atoms with Crippen molar-refractivity contribution in [1.29, 1.82) is 0 Å². The first-order valence-electron chi connectivity index (χ1n) is 6.92. The van der Waals surface area contributed by atoms with Crippen molar-refractivity contribution in [3.8, 4) is 0 Å². The lowest BCUT2D eigenvalue weighted by Gasteiger charge is -2.17. The molecule has 1 amide bonds. The maximum atomic E-state index is 11.8. The lowest BCUT2D eigenvalue weighted by Crippen LogP contribution is -2.48. The lowest BCUT2D eigenvalue weighted by molar-refractivity contribution is -0.142. The first-order chi connectivity index (χ1) is 9.88. The van der Waals surface area contributed by atoms with Crippen molar-refractivity contribution < 1.29 is 14.7 Å². The second-order valence-corrected chi connectivity index (χ2v) is 4.74. The third-order valence-electron chi connectivity index (χ3n) is 2.87. The molecular formula is C12H26N6O3. The molecule has 0 rings (SSSR count). The highest BCUT2D eigenvalue weighted by atomic mass is 16.4. The molecule has 9 heteroatoms. The van der Waals surface area contributed by atoms with Gasteiger partial charge in [-0.2, -0.15) is 0 Å². The van der Waals surface area contributed by atoms with Gasteiger partial charge in [-0.05, 0) is 38.6 Å². The lowest BCUT2D eigenvalue weighted by atomic mass is 10.1. The Bertz CT molecular complexity index is 357. The number of unbranched alkanes of at least 4 members (excludes halogenated alkanes) is 1. The average molecular weight is 302 g/mol. The molecule has 0 saturated carbocycles. The number of guanidine groups is 1. The van der Waals surface area contributed by atoms with Gasteiger partial charge in [0.05, 0.1) is 6.04 Å². The van der Waals surface area contributed by atoms with Crippen LogP contribution >= 0.6 is 0 Å². The number of rotatable bonds is 11. The molecule has 0 heterocycles. The van der Waals surface area contributed by atoms with Gasteiger partial charge >= 0.3 is 5.97 Å². The molecular weight excluding hydrogens is 276 g/mol. The van der Waals surface area contributed by atoms with Gasteiger partial charge < -0.3 is 33.4 Å². The van der Waals surface area contributed by atoms with Gasteiger partial charge in [0, 0.05) is 6.54 Å². The Kier molecular flexibility index (Phi) is 9.90. The van der Waals surface area contributed by atoms with E-state index in [2.05, 4.69) is 10.3 Å². The van der Waals surface area contributed by atoms with Gasteiger partial charge in [0.2, 0.25) is 5.91 Å². The van der Waals surface area contributed by atoms with Crippen LogP contribution in [0.1, 0.15) is 32.1 Å². The van der Waals surface area contributed by atoms with Crippen molar-refractivity contribution in [2.45, 2.75) is 44.2 Å². The van der Waals surface area contributed by atoms with Gasteiger partial charge in [-0.25, -0.2) is 4.79 Å². The Morgan fingerprint density at radius 2 is 1.81 bits per heavy atom. The summed E-state index contributed by atoms with van der Waals surface area (Å²) >= 11 is 0. The van der Waals surface area contributed by atoms with Crippen LogP contribution in [-0.2, 0) is 9.59 Å². The number of carboxylic acid groups (broad SMARTS) is 1. The number of nitrogens with zero attached hydrogens (tertiary/aromatic N) is 1. The van der Waals surface area contributed by atoms with Crippen LogP contribution in [0.3, 0.4) is 0 Å². The molecule has 0 aliphatic carbocycles. The Morgan fingerprint density at radius 1 is 1.14 bits per heavy atom. The summed E-state index contributed by atoms with van der Waals surface area (Å²) in [6.07, 6.45) is 2.59. The topological polar surface area (TPSA) is 183 Å². The van der Waals surface area contributed by atoms with Crippen molar-refractivity contribution in [2.24, 2.45) is 27.9 Å². The molecule has 9 nitrogen and oxygen atoms in total. The SMILES string of the molecule is NCCCC[C@@H](NC(=O)[C@H](N)CCCN=C(N)N)C(=O)O. The van der Waals surface area contributed by atoms with Crippen molar-refractivity contribution >= 4 is 17.8 Å². The van der Waals surface area contributed by atoms with Gasteiger partial charge in [0.15, 0.2) is 5.96 Å². The molecule has 0 unspecified atom stereocenters. The first kappa shape index (κ1) is 19.1. The van der Waals surface area contributed by atoms with Crippen LogP contribution in [0.15, 0.2) is 4.99 Å². The molecule has 0 saturated heterocycles. The van der Waals surface area contributed by atoms with Crippen LogP contribution in [0, 0.1) is 0 Å². The van der Waals surface area contributed by atoms with Crippen molar-refractivity contribution in [1.82, 2.24) is 5.32 Å². The maximum Gasteiger partial charge on any atom is 0.326 e. The normalized spacial score (nSPS) is 13.2. The van der Waals surface area contributed by atoms with Crippen LogP contribution in [0.5, 0.6) is 0 Å². The number of hydrogen-bond acceptors (Lipinski definition) is 5. The molecule has 0 spiro atoms. The van der Waals surface area contributed by atoms with Crippen LogP contribution in [0.4, 0.5) is 0 Å². The Hall–Kier alpha value is -1.87. The zero-order chi connectivity index (χ0) is 16.3. The molecule has 0 fully saturated rings. The highest BCUT2D eigenvalue weighted by Crippen LogP contribution is 2.02.